The number of nitrogens with one attached hydrogen (secondary N) is 1. The SMILES string of the molecule is N#CC1(NC(=O)c2ccc(CCCCCCCOCC3CCCCC3)cc2)CC1. The van der Waals surface area contributed by atoms with Crippen molar-refractivity contribution in [3.05, 3.63) is 35.4 Å². The van der Waals surface area contributed by atoms with Crippen molar-refractivity contribution < 1.29 is 9.53 Å². The molecule has 1 aromatic carbocycles. The maximum atomic E-state index is 12.2. The van der Waals surface area contributed by atoms with E-state index >= 15 is 0 Å². The molecule has 2 aliphatic carbocycles. The Hall–Kier alpha value is -1.86. The fraction of sp³-hybridized carbons (Fsp3) is 0.680. The van der Waals surface area contributed by atoms with Gasteiger partial charge in [0, 0.05) is 18.8 Å². The largest absolute Gasteiger partial charge is 0.381 e. The summed E-state index contributed by atoms with van der Waals surface area (Å²) >= 11 is 0. The standard InChI is InChI=1S/C25H36N2O2/c26-20-25(16-17-25)27-24(28)23-14-12-21(13-15-23)9-5-2-1-3-8-18-29-19-22-10-6-4-7-11-22/h12-15,22H,1-11,16-19H2,(H,27,28). The minimum Gasteiger partial charge on any atom is -0.381 e. The fourth-order valence-electron chi connectivity index (χ4n) is 4.17. The highest BCUT2D eigenvalue weighted by atomic mass is 16.5. The molecular formula is C25H36N2O2. The summed E-state index contributed by atoms with van der Waals surface area (Å²) in [6, 6.07) is 10.0. The van der Waals surface area contributed by atoms with Crippen LogP contribution in [-0.2, 0) is 11.2 Å². The number of rotatable bonds is 12. The van der Waals surface area contributed by atoms with E-state index in [1.807, 2.05) is 24.3 Å². The van der Waals surface area contributed by atoms with Gasteiger partial charge in [-0.15, -0.1) is 0 Å². The minimum absolute atomic E-state index is 0.138. The molecule has 4 heteroatoms. The predicted octanol–water partition coefficient (Wildman–Crippen LogP) is 5.56. The molecule has 3 rings (SSSR count). The summed E-state index contributed by atoms with van der Waals surface area (Å²) in [7, 11) is 0. The van der Waals surface area contributed by atoms with Gasteiger partial charge in [0.2, 0.25) is 0 Å². The zero-order valence-corrected chi connectivity index (χ0v) is 17.8. The molecule has 2 aliphatic rings. The van der Waals surface area contributed by atoms with Gasteiger partial charge in [0.25, 0.3) is 5.91 Å². The highest BCUT2D eigenvalue weighted by Gasteiger charge is 2.44. The van der Waals surface area contributed by atoms with E-state index in [0.717, 1.165) is 38.4 Å². The molecule has 158 valence electrons. The molecule has 1 aromatic rings. The Morgan fingerprint density at radius 2 is 1.72 bits per heavy atom. The molecule has 0 atom stereocenters. The number of hydrogen-bond donors (Lipinski definition) is 1. The first kappa shape index (κ1) is 21.8. The quantitative estimate of drug-likeness (QED) is 0.470. The fourth-order valence-corrected chi connectivity index (χ4v) is 4.17. The number of unbranched alkanes of at least 4 members (excludes halogenated alkanes) is 4. The average Bonchev–Trinajstić information content (AvgIpc) is 3.53. The van der Waals surface area contributed by atoms with Crippen molar-refractivity contribution in [1.82, 2.24) is 5.32 Å². The van der Waals surface area contributed by atoms with E-state index < -0.39 is 5.54 Å². The van der Waals surface area contributed by atoms with Gasteiger partial charge in [-0.3, -0.25) is 4.79 Å². The van der Waals surface area contributed by atoms with Crippen molar-refractivity contribution in [3.63, 3.8) is 0 Å². The lowest BCUT2D eigenvalue weighted by molar-refractivity contribution is 0.0824. The Balaban J connectivity index is 1.20. The highest BCUT2D eigenvalue weighted by molar-refractivity contribution is 5.95. The molecule has 0 aliphatic heterocycles. The van der Waals surface area contributed by atoms with Crippen LogP contribution in [0, 0.1) is 17.2 Å². The molecule has 29 heavy (non-hydrogen) atoms. The van der Waals surface area contributed by atoms with Crippen LogP contribution in [0.25, 0.3) is 0 Å². The van der Waals surface area contributed by atoms with Gasteiger partial charge in [0.15, 0.2) is 0 Å². The van der Waals surface area contributed by atoms with Gasteiger partial charge in [-0.25, -0.2) is 0 Å². The molecule has 0 saturated heterocycles. The van der Waals surface area contributed by atoms with E-state index in [1.54, 1.807) is 0 Å². The number of ether oxygens (including phenoxy) is 1. The number of benzene rings is 1. The lowest BCUT2D eigenvalue weighted by Crippen LogP contribution is -2.35. The monoisotopic (exact) mass is 396 g/mol. The topological polar surface area (TPSA) is 62.1 Å². The Morgan fingerprint density at radius 3 is 2.41 bits per heavy atom. The molecule has 4 nitrogen and oxygen atoms in total. The van der Waals surface area contributed by atoms with Crippen LogP contribution in [0.3, 0.4) is 0 Å². The van der Waals surface area contributed by atoms with Crippen molar-refractivity contribution in [2.75, 3.05) is 13.2 Å². The van der Waals surface area contributed by atoms with E-state index in [2.05, 4.69) is 11.4 Å². The first-order valence-corrected chi connectivity index (χ1v) is 11.6. The van der Waals surface area contributed by atoms with Crippen molar-refractivity contribution >= 4 is 5.91 Å². The smallest absolute Gasteiger partial charge is 0.252 e. The number of nitrogens with zero attached hydrogens (tertiary/aromatic N) is 1. The molecule has 0 bridgehead atoms. The molecule has 1 amide bonds. The Morgan fingerprint density at radius 1 is 1.03 bits per heavy atom. The van der Waals surface area contributed by atoms with E-state index in [9.17, 15) is 4.79 Å². The second-order valence-corrected chi connectivity index (χ2v) is 8.94. The van der Waals surface area contributed by atoms with Crippen LogP contribution < -0.4 is 5.32 Å². The van der Waals surface area contributed by atoms with Gasteiger partial charge < -0.3 is 10.1 Å². The first-order chi connectivity index (χ1) is 14.2. The van der Waals surface area contributed by atoms with Crippen LogP contribution >= 0.6 is 0 Å². The van der Waals surface area contributed by atoms with Crippen LogP contribution in [0.2, 0.25) is 0 Å². The number of carbonyl (C=O) groups is 1. The van der Waals surface area contributed by atoms with Gasteiger partial charge in [-0.1, -0.05) is 50.7 Å². The molecule has 2 saturated carbocycles. The molecule has 0 radical (unpaired) electrons. The Labute approximate surface area is 176 Å². The van der Waals surface area contributed by atoms with Gasteiger partial charge in [0.05, 0.1) is 6.07 Å². The molecule has 2 fully saturated rings. The number of hydrogen-bond acceptors (Lipinski definition) is 3. The summed E-state index contributed by atoms with van der Waals surface area (Å²) in [6.07, 6.45) is 15.7. The van der Waals surface area contributed by atoms with Crippen LogP contribution in [0.15, 0.2) is 24.3 Å². The zero-order chi connectivity index (χ0) is 20.4. The van der Waals surface area contributed by atoms with Crippen LogP contribution in [0.4, 0.5) is 0 Å². The first-order valence-electron chi connectivity index (χ1n) is 11.6. The molecule has 0 spiro atoms. The number of nitriles is 1. The van der Waals surface area contributed by atoms with Gasteiger partial charge in [-0.05, 0) is 68.6 Å². The predicted molar refractivity (Wildman–Crippen MR) is 116 cm³/mol. The lowest BCUT2D eigenvalue weighted by Gasteiger charge is -2.21. The minimum atomic E-state index is -0.601. The van der Waals surface area contributed by atoms with Crippen molar-refractivity contribution in [2.45, 2.75) is 89.0 Å². The third-order valence-corrected chi connectivity index (χ3v) is 6.37. The van der Waals surface area contributed by atoms with Crippen molar-refractivity contribution in [2.24, 2.45) is 5.92 Å². The van der Waals surface area contributed by atoms with Gasteiger partial charge >= 0.3 is 0 Å². The summed E-state index contributed by atoms with van der Waals surface area (Å²) in [5, 5.41) is 11.9. The number of carbonyl (C=O) groups excluding carboxylic acids is 1. The zero-order valence-electron chi connectivity index (χ0n) is 17.8. The average molecular weight is 397 g/mol. The second-order valence-electron chi connectivity index (χ2n) is 8.94. The van der Waals surface area contributed by atoms with E-state index in [0.29, 0.717) is 5.56 Å². The summed E-state index contributed by atoms with van der Waals surface area (Å²) in [6.45, 7) is 1.90. The highest BCUT2D eigenvalue weighted by Crippen LogP contribution is 2.34. The van der Waals surface area contributed by atoms with E-state index in [1.165, 1.54) is 69.8 Å². The van der Waals surface area contributed by atoms with Gasteiger partial charge in [0.1, 0.15) is 5.54 Å². The third-order valence-electron chi connectivity index (χ3n) is 6.37. The number of amides is 1. The maximum absolute atomic E-state index is 12.2. The summed E-state index contributed by atoms with van der Waals surface area (Å²) in [4.78, 5) is 12.2. The lowest BCUT2D eigenvalue weighted by atomic mass is 9.90. The van der Waals surface area contributed by atoms with Crippen LogP contribution in [0.1, 0.15) is 93.0 Å². The third kappa shape index (κ3) is 7.48. The van der Waals surface area contributed by atoms with Crippen LogP contribution in [0.5, 0.6) is 0 Å². The van der Waals surface area contributed by atoms with Gasteiger partial charge in [-0.2, -0.15) is 5.26 Å². The normalized spacial score (nSPS) is 18.2. The molecule has 0 aromatic heterocycles. The van der Waals surface area contributed by atoms with Crippen molar-refractivity contribution in [1.29, 1.82) is 5.26 Å². The summed E-state index contributed by atoms with van der Waals surface area (Å²) < 4.78 is 5.87. The number of aryl methyl sites for hydroxylation is 1. The van der Waals surface area contributed by atoms with Crippen LogP contribution in [-0.4, -0.2) is 24.7 Å². The van der Waals surface area contributed by atoms with Crippen molar-refractivity contribution in [3.8, 4) is 6.07 Å². The van der Waals surface area contributed by atoms with E-state index in [-0.39, 0.29) is 5.91 Å². The maximum Gasteiger partial charge on any atom is 0.252 e. The second kappa shape index (κ2) is 11.4. The van der Waals surface area contributed by atoms with E-state index in [4.69, 9.17) is 10.00 Å². The Kier molecular flexibility index (Phi) is 8.55. The summed E-state index contributed by atoms with van der Waals surface area (Å²) in [5.74, 6) is 0.684. The molecule has 0 unspecified atom stereocenters. The molecule has 0 heterocycles. The molecule has 1 N–H and O–H groups in total. The summed E-state index contributed by atoms with van der Waals surface area (Å²) in [5.41, 5.74) is 1.32. The Bertz CT molecular complexity index is 667. The molecular weight excluding hydrogens is 360 g/mol.